The second-order valence-electron chi connectivity index (χ2n) is 4.19. The Morgan fingerprint density at radius 3 is 2.94 bits per heavy atom. The van der Waals surface area contributed by atoms with Crippen molar-refractivity contribution in [1.82, 2.24) is 4.98 Å². The molecule has 0 bridgehead atoms. The van der Waals surface area contributed by atoms with Gasteiger partial charge in [-0.2, -0.15) is 4.98 Å². The molecule has 0 aliphatic carbocycles. The molecule has 1 saturated heterocycles. The van der Waals surface area contributed by atoms with Crippen molar-refractivity contribution in [2.24, 2.45) is 0 Å². The van der Waals surface area contributed by atoms with Gasteiger partial charge in [-0.05, 0) is 19.8 Å². The van der Waals surface area contributed by atoms with Crippen LogP contribution in [0.3, 0.4) is 0 Å². The summed E-state index contributed by atoms with van der Waals surface area (Å²) in [4.78, 5) is 17.6. The zero-order valence-electron chi connectivity index (χ0n) is 10.7. The minimum atomic E-state index is -0.451. The van der Waals surface area contributed by atoms with Gasteiger partial charge in [0.05, 0.1) is 6.61 Å². The summed E-state index contributed by atoms with van der Waals surface area (Å²) in [6.45, 7) is 3.59. The van der Waals surface area contributed by atoms with Crippen molar-refractivity contribution >= 4 is 12.0 Å². The van der Waals surface area contributed by atoms with Gasteiger partial charge in [-0.15, -0.1) is 0 Å². The van der Waals surface area contributed by atoms with Crippen LogP contribution in [0.25, 0.3) is 0 Å². The molecule has 18 heavy (non-hydrogen) atoms. The highest BCUT2D eigenvalue weighted by molar-refractivity contribution is 5.87. The molecule has 1 aromatic rings. The Kier molecular flexibility index (Phi) is 4.19. The summed E-state index contributed by atoms with van der Waals surface area (Å²) in [5.74, 6) is -0.451. The molecule has 1 aromatic heterocycles. The lowest BCUT2D eigenvalue weighted by molar-refractivity contribution is 0.0519. The van der Waals surface area contributed by atoms with Gasteiger partial charge in [0.2, 0.25) is 0 Å². The van der Waals surface area contributed by atoms with Gasteiger partial charge in [0, 0.05) is 26.3 Å². The molecule has 1 aliphatic heterocycles. The van der Waals surface area contributed by atoms with E-state index in [1.807, 2.05) is 11.9 Å². The summed E-state index contributed by atoms with van der Waals surface area (Å²) >= 11 is 0. The Bertz CT molecular complexity index is 399. The number of anilines is 1. The molecule has 100 valence electrons. The molecule has 0 saturated carbocycles. The summed E-state index contributed by atoms with van der Waals surface area (Å²) in [6, 6.07) is 0.789. The number of aromatic nitrogens is 1. The molecule has 6 heteroatoms. The van der Waals surface area contributed by atoms with Crippen LogP contribution in [0.2, 0.25) is 0 Å². The van der Waals surface area contributed by atoms with E-state index in [-0.39, 0.29) is 5.69 Å². The third-order valence-electron chi connectivity index (χ3n) is 3.02. The fraction of sp³-hybridized carbons (Fsp3) is 0.667. The van der Waals surface area contributed by atoms with Crippen LogP contribution < -0.4 is 4.90 Å². The monoisotopic (exact) mass is 254 g/mol. The van der Waals surface area contributed by atoms with Gasteiger partial charge in [-0.1, -0.05) is 0 Å². The van der Waals surface area contributed by atoms with E-state index < -0.39 is 5.97 Å². The molecule has 1 aliphatic rings. The zero-order chi connectivity index (χ0) is 13.0. The van der Waals surface area contributed by atoms with Crippen molar-refractivity contribution < 1.29 is 18.7 Å². The van der Waals surface area contributed by atoms with E-state index in [2.05, 4.69) is 4.98 Å². The molecule has 0 spiro atoms. The minimum Gasteiger partial charge on any atom is -0.461 e. The number of oxazole rings is 1. The predicted molar refractivity (Wildman–Crippen MR) is 64.7 cm³/mol. The number of carbonyl (C=O) groups excluding carboxylic acids is 1. The largest absolute Gasteiger partial charge is 0.461 e. The maximum absolute atomic E-state index is 11.5. The Labute approximate surface area is 106 Å². The van der Waals surface area contributed by atoms with Crippen LogP contribution in [0.1, 0.15) is 30.3 Å². The number of hydrogen-bond acceptors (Lipinski definition) is 6. The van der Waals surface area contributed by atoms with Crippen molar-refractivity contribution in [3.05, 3.63) is 12.0 Å². The van der Waals surface area contributed by atoms with Gasteiger partial charge in [0.25, 0.3) is 6.01 Å². The first-order valence-corrected chi connectivity index (χ1v) is 6.15. The predicted octanol–water partition coefficient (Wildman–Crippen LogP) is 1.47. The average Bonchev–Trinajstić information content (AvgIpc) is 2.89. The van der Waals surface area contributed by atoms with Crippen LogP contribution in [-0.2, 0) is 9.47 Å². The van der Waals surface area contributed by atoms with Crippen molar-refractivity contribution in [2.45, 2.75) is 25.8 Å². The lowest BCUT2D eigenvalue weighted by Crippen LogP contribution is -2.36. The summed E-state index contributed by atoms with van der Waals surface area (Å²) < 4.78 is 15.5. The van der Waals surface area contributed by atoms with Crippen molar-refractivity contribution in [1.29, 1.82) is 0 Å². The van der Waals surface area contributed by atoms with Crippen molar-refractivity contribution in [2.75, 3.05) is 31.8 Å². The molecular formula is C12H18N2O4. The van der Waals surface area contributed by atoms with Gasteiger partial charge >= 0.3 is 5.97 Å². The van der Waals surface area contributed by atoms with Crippen LogP contribution in [-0.4, -0.2) is 43.9 Å². The maximum atomic E-state index is 11.5. The lowest BCUT2D eigenvalue weighted by atomic mass is 10.1. The van der Waals surface area contributed by atoms with Gasteiger partial charge < -0.3 is 18.8 Å². The quantitative estimate of drug-likeness (QED) is 0.758. The molecule has 2 heterocycles. The Hall–Kier alpha value is -1.56. The first kappa shape index (κ1) is 12.9. The number of nitrogens with zero attached hydrogens (tertiary/aromatic N) is 2. The fourth-order valence-corrected chi connectivity index (χ4v) is 1.95. The maximum Gasteiger partial charge on any atom is 0.360 e. The number of hydrogen-bond donors (Lipinski definition) is 0. The van der Waals surface area contributed by atoms with Crippen LogP contribution in [0.15, 0.2) is 10.7 Å². The SMILES string of the molecule is CCOC(=O)c1coc(N(C)C2CCOCC2)n1. The molecule has 6 nitrogen and oxygen atoms in total. The van der Waals surface area contributed by atoms with E-state index in [9.17, 15) is 4.79 Å². The van der Waals surface area contributed by atoms with Gasteiger partial charge in [-0.25, -0.2) is 4.79 Å². The van der Waals surface area contributed by atoms with Gasteiger partial charge in [-0.3, -0.25) is 0 Å². The van der Waals surface area contributed by atoms with Gasteiger partial charge in [0.15, 0.2) is 5.69 Å². The number of esters is 1. The number of carbonyl (C=O) groups is 1. The smallest absolute Gasteiger partial charge is 0.360 e. The zero-order valence-corrected chi connectivity index (χ0v) is 10.7. The molecule has 0 aromatic carbocycles. The van der Waals surface area contributed by atoms with E-state index >= 15 is 0 Å². The molecular weight excluding hydrogens is 236 g/mol. The first-order valence-electron chi connectivity index (χ1n) is 6.15. The third-order valence-corrected chi connectivity index (χ3v) is 3.02. The first-order chi connectivity index (χ1) is 8.72. The minimum absolute atomic E-state index is 0.214. The van der Waals surface area contributed by atoms with E-state index in [0.717, 1.165) is 26.1 Å². The Balaban J connectivity index is 2.02. The summed E-state index contributed by atoms with van der Waals surface area (Å²) in [7, 11) is 1.91. The number of rotatable bonds is 4. The standard InChI is InChI=1S/C12H18N2O4/c1-3-17-11(15)10-8-18-12(13-10)14(2)9-4-6-16-7-5-9/h8-9H,3-7H2,1-2H3. The van der Waals surface area contributed by atoms with E-state index in [0.29, 0.717) is 18.7 Å². The summed E-state index contributed by atoms with van der Waals surface area (Å²) in [5.41, 5.74) is 0.214. The summed E-state index contributed by atoms with van der Waals surface area (Å²) in [5, 5.41) is 0. The normalized spacial score (nSPS) is 16.6. The van der Waals surface area contributed by atoms with Crippen molar-refractivity contribution in [3.63, 3.8) is 0 Å². The Morgan fingerprint density at radius 2 is 2.28 bits per heavy atom. The van der Waals surface area contributed by atoms with Gasteiger partial charge in [0.1, 0.15) is 6.26 Å². The fourth-order valence-electron chi connectivity index (χ4n) is 1.95. The van der Waals surface area contributed by atoms with Crippen LogP contribution in [0, 0.1) is 0 Å². The molecule has 2 rings (SSSR count). The van der Waals surface area contributed by atoms with Crippen LogP contribution >= 0.6 is 0 Å². The van der Waals surface area contributed by atoms with E-state index in [4.69, 9.17) is 13.9 Å². The Morgan fingerprint density at radius 1 is 1.56 bits per heavy atom. The third kappa shape index (κ3) is 2.81. The second-order valence-corrected chi connectivity index (χ2v) is 4.19. The topological polar surface area (TPSA) is 64.8 Å². The van der Waals surface area contributed by atoms with Crippen LogP contribution in [0.5, 0.6) is 0 Å². The molecule has 0 radical (unpaired) electrons. The number of ether oxygens (including phenoxy) is 2. The second kappa shape index (κ2) is 5.86. The van der Waals surface area contributed by atoms with E-state index in [1.165, 1.54) is 6.26 Å². The highest BCUT2D eigenvalue weighted by atomic mass is 16.5. The highest BCUT2D eigenvalue weighted by Crippen LogP contribution is 2.20. The molecule has 0 unspecified atom stereocenters. The highest BCUT2D eigenvalue weighted by Gasteiger charge is 2.23. The molecule has 0 atom stereocenters. The van der Waals surface area contributed by atoms with Crippen LogP contribution in [0.4, 0.5) is 6.01 Å². The van der Waals surface area contributed by atoms with E-state index in [1.54, 1.807) is 6.92 Å². The molecule has 0 N–H and O–H groups in total. The summed E-state index contributed by atoms with van der Waals surface area (Å²) in [6.07, 6.45) is 3.21. The lowest BCUT2D eigenvalue weighted by Gasteiger charge is -2.29. The molecule has 0 amide bonds. The average molecular weight is 254 g/mol. The van der Waals surface area contributed by atoms with Crippen molar-refractivity contribution in [3.8, 4) is 0 Å². The molecule has 1 fully saturated rings.